The summed E-state index contributed by atoms with van der Waals surface area (Å²) in [6, 6.07) is 2.65. The van der Waals surface area contributed by atoms with Gasteiger partial charge >= 0.3 is 16.8 Å². The molecule has 0 aliphatic carbocycles. The number of aryl methyl sites for hydroxylation is 2. The Hall–Kier alpha value is -6.42. The number of aromatic nitrogens is 2. The van der Waals surface area contributed by atoms with Crippen molar-refractivity contribution >= 4 is 102 Å². The first kappa shape index (κ1) is 81.0. The summed E-state index contributed by atoms with van der Waals surface area (Å²) < 4.78 is 31.9. The first-order chi connectivity index (χ1) is 42.8. The molecular formula is C63H90Cl2CoN14O14P. The summed E-state index contributed by atoms with van der Waals surface area (Å²) in [5.41, 5.74) is 36.7. The SMILES string of the molecule is C/C1=C2N=C(/C=C3N=C(/C(C)=C4\[N-][C@@](C)([C@@H]5N=C1[C@](C)(CCC(=O)NCC(C)OP(=O)([O-])O[C@H]1[C@@H](O)[C@@H](n6cnc7cc(C)c(C)cc76)O[C@@H]1CO)[C@H]5CC(N)=O)[C@@](C)(CC(N)=O)[C@@H]4CCC(N)=O)[C@@](C)(CC(N)=O)[C@@H]\3CCC(N)=O)C(C)(C)[C@@H]/2CCC(N)=O.Cl.Cl.[C-]#N.[Co+3]. The van der Waals surface area contributed by atoms with E-state index < -0.39 is 143 Å². The number of nitrogens with two attached hydrogens (primary N) is 6. The van der Waals surface area contributed by atoms with Gasteiger partial charge in [0.05, 0.1) is 30.1 Å². The van der Waals surface area contributed by atoms with Crippen LogP contribution < -0.4 is 44.6 Å². The van der Waals surface area contributed by atoms with E-state index in [1.54, 1.807) is 6.92 Å². The molecule has 6 aliphatic heterocycles. The fourth-order valence-corrected chi connectivity index (χ4v) is 16.4. The Morgan fingerprint density at radius 2 is 1.37 bits per heavy atom. The molecule has 8 rings (SSSR count). The van der Waals surface area contributed by atoms with E-state index >= 15 is 0 Å². The Bertz CT molecular complexity index is 3610. The summed E-state index contributed by atoms with van der Waals surface area (Å²) in [6.07, 6.45) is -4.79. The number of phosphoric ester groups is 1. The molecule has 6 aliphatic rings. The second kappa shape index (κ2) is 31.0. The van der Waals surface area contributed by atoms with E-state index in [4.69, 9.17) is 80.3 Å². The average molecular weight is 1430 g/mol. The van der Waals surface area contributed by atoms with E-state index in [0.717, 1.165) is 11.1 Å². The van der Waals surface area contributed by atoms with Crippen LogP contribution in [0.2, 0.25) is 0 Å². The molecular weight excluding hydrogens is 1340 g/mol. The van der Waals surface area contributed by atoms with Gasteiger partial charge in [-0.3, -0.25) is 53.1 Å². The maximum absolute atomic E-state index is 14.4. The van der Waals surface area contributed by atoms with Gasteiger partial charge in [0.1, 0.15) is 18.3 Å². The summed E-state index contributed by atoms with van der Waals surface area (Å²) in [7, 11) is -5.32. The molecule has 32 heteroatoms. The van der Waals surface area contributed by atoms with Gasteiger partial charge in [0.15, 0.2) is 6.23 Å². The third-order valence-corrected chi connectivity index (χ3v) is 21.6. The molecule has 15 N–H and O–H groups in total. The number of carbonyl (C=O) groups excluding carboxylic acids is 7. The molecule has 1 aromatic heterocycles. The van der Waals surface area contributed by atoms with Gasteiger partial charge in [-0.2, -0.15) is 5.70 Å². The van der Waals surface area contributed by atoms with Gasteiger partial charge in [-0.05, 0) is 118 Å². The van der Waals surface area contributed by atoms with E-state index in [1.165, 1.54) is 17.8 Å². The van der Waals surface area contributed by atoms with Crippen LogP contribution in [0.4, 0.5) is 0 Å². The smallest absolute Gasteiger partial charge is 0.756 e. The number of nitrogens with one attached hydrogen (secondary N) is 1. The number of halogens is 2. The second-order valence-electron chi connectivity index (χ2n) is 27.0. The summed E-state index contributed by atoms with van der Waals surface area (Å²) in [4.78, 5) is 128. The van der Waals surface area contributed by atoms with Crippen molar-refractivity contribution in [2.24, 2.45) is 94.7 Å². The molecule has 7 heterocycles. The first-order valence-electron chi connectivity index (χ1n) is 30.7. The van der Waals surface area contributed by atoms with Crippen LogP contribution in [0, 0.1) is 71.0 Å². The van der Waals surface area contributed by atoms with Crippen LogP contribution in [0.25, 0.3) is 16.4 Å². The number of aliphatic imine (C=N–C) groups is 3. The molecule has 95 heavy (non-hydrogen) atoms. The van der Waals surface area contributed by atoms with Gasteiger partial charge < -0.3 is 90.3 Å². The predicted molar refractivity (Wildman–Crippen MR) is 351 cm³/mol. The van der Waals surface area contributed by atoms with Gasteiger partial charge in [-0.15, -0.1) is 24.8 Å². The van der Waals surface area contributed by atoms with Gasteiger partial charge in [-0.1, -0.05) is 47.1 Å². The van der Waals surface area contributed by atoms with E-state index in [0.29, 0.717) is 56.4 Å². The third-order valence-electron chi connectivity index (χ3n) is 20.5. The average Bonchev–Trinajstić information content (AvgIpc) is 1.53. The monoisotopic (exact) mass is 1430 g/mol. The Labute approximate surface area is 575 Å². The number of primary amides is 6. The molecule has 1 aromatic carbocycles. The topological polar surface area (TPSA) is 489 Å². The van der Waals surface area contributed by atoms with Crippen LogP contribution in [-0.2, 0) is 68.7 Å². The van der Waals surface area contributed by atoms with Crippen LogP contribution in [0.3, 0.4) is 0 Å². The van der Waals surface area contributed by atoms with E-state index in [9.17, 15) is 53.2 Å². The quantitative estimate of drug-likeness (QED) is 0.0469. The fourth-order valence-electron chi connectivity index (χ4n) is 15.3. The Kier molecular flexibility index (Phi) is 26.4. The maximum Gasteiger partial charge on any atom is 3.00 e. The molecule has 15 atom stereocenters. The number of allylic oxidation sites excluding steroid dienone is 6. The molecule has 2 unspecified atom stereocenters. The zero-order valence-electron chi connectivity index (χ0n) is 55.3. The number of phosphoric acid groups is 1. The van der Waals surface area contributed by atoms with Crippen molar-refractivity contribution < 1.29 is 83.8 Å². The summed E-state index contributed by atoms with van der Waals surface area (Å²) in [5.74, 6) is -7.40. The summed E-state index contributed by atoms with van der Waals surface area (Å²) in [6.45, 7) is 23.7. The first-order valence-corrected chi connectivity index (χ1v) is 32.2. The number of nitrogens with zero attached hydrogens (tertiary/aromatic N) is 7. The van der Waals surface area contributed by atoms with E-state index in [1.807, 2.05) is 80.5 Å². The molecule has 524 valence electrons. The van der Waals surface area contributed by atoms with Crippen LogP contribution in [-0.4, -0.2) is 127 Å². The number of benzene rings is 1. The molecule has 28 nitrogen and oxygen atoms in total. The number of imidazole rings is 1. The van der Waals surface area contributed by atoms with Crippen LogP contribution in [0.1, 0.15) is 150 Å². The molecule has 2 saturated heterocycles. The molecule has 7 amide bonds. The van der Waals surface area contributed by atoms with E-state index in [2.05, 4.69) is 10.3 Å². The molecule has 0 radical (unpaired) electrons. The number of aliphatic hydroxyl groups is 2. The normalized spacial score (nSPS) is 32.4. The number of ether oxygens (including phenoxy) is 1. The number of amides is 7. The maximum atomic E-state index is 14.4. The molecule has 0 saturated carbocycles. The van der Waals surface area contributed by atoms with Gasteiger partial charge in [0.2, 0.25) is 41.4 Å². The van der Waals surface area contributed by atoms with Gasteiger partial charge in [0.25, 0.3) is 7.82 Å². The van der Waals surface area contributed by atoms with Crippen molar-refractivity contribution in [1.82, 2.24) is 14.9 Å². The Morgan fingerprint density at radius 1 is 0.800 bits per heavy atom. The van der Waals surface area contributed by atoms with Crippen molar-refractivity contribution in [3.05, 3.63) is 75.8 Å². The standard InChI is InChI=1S/C62H90N13O14P.CN.2ClH.Co/c1-29-20-39-40(21-30(29)2)75(28-70-39)57-52(84)53(41(27-76)87-57)89-90(85,86)88-31(3)26-69-49(83)18-19-59(8)37(22-46(66)80)56-62(11)61(10,25-48(68)82)36(14-17-45(65)79)51(74-62)33(5)55-60(9,24-47(67)81)34(12-15-43(63)77)38(71-55)23-42-58(6,7)35(13-16-44(64)78)50(72-42)32(4)54(59)73-56;1-2;;;/h20-21,23,28,31,34-37,41,52-53,56-57,76,84H,12-19,22,24-27H2,1-11H3,(H15,63,64,65,66,67,68,69,71,72,73,74,77,78,79,80,81,82,83,85,86);;2*1H;/q;-1;;;+3/p-2/t31?,34-,35-,36-,37+,41-,52-,53-,56-,57+,59-,60+,61+,62+;;;;/m1..../s1. The number of aliphatic hydroxyl groups excluding tert-OH is 2. The van der Waals surface area contributed by atoms with Crippen LogP contribution >= 0.6 is 32.6 Å². The number of hydrogen-bond acceptors (Lipinski definition) is 19. The number of rotatable bonds is 26. The summed E-state index contributed by atoms with van der Waals surface area (Å²) >= 11 is 0. The van der Waals surface area contributed by atoms with Crippen molar-refractivity contribution in [3.63, 3.8) is 0 Å². The zero-order valence-corrected chi connectivity index (χ0v) is 58.8. The third kappa shape index (κ3) is 15.9. The minimum absolute atomic E-state index is 0. The number of carbonyl (C=O) groups is 7. The predicted octanol–water partition coefficient (Wildman–Crippen LogP) is 4.25. The molecule has 2 fully saturated rings. The Balaban J connectivity index is 0.00000380. The van der Waals surface area contributed by atoms with Crippen molar-refractivity contribution in [3.8, 4) is 0 Å². The van der Waals surface area contributed by atoms with Crippen molar-refractivity contribution in [1.29, 1.82) is 5.26 Å². The molecule has 0 spiro atoms. The van der Waals surface area contributed by atoms with Crippen LogP contribution in [0.5, 0.6) is 0 Å². The molecule has 2 aromatic rings. The van der Waals surface area contributed by atoms with Crippen molar-refractivity contribution in [2.75, 3.05) is 13.2 Å². The molecule has 8 bridgehead atoms. The zero-order chi connectivity index (χ0) is 68.7. The van der Waals surface area contributed by atoms with Crippen molar-refractivity contribution in [2.45, 2.75) is 189 Å². The minimum Gasteiger partial charge on any atom is -0.756 e. The van der Waals surface area contributed by atoms with Gasteiger partial charge in [-0.25, -0.2) is 4.98 Å². The number of hydrogen-bond donors (Lipinski definition) is 9. The van der Waals surface area contributed by atoms with Gasteiger partial charge in [0, 0.05) is 114 Å². The van der Waals surface area contributed by atoms with Crippen LogP contribution in [0.15, 0.2) is 67.8 Å². The summed E-state index contributed by atoms with van der Waals surface area (Å²) in [5, 5.41) is 36.4. The Morgan fingerprint density at radius 3 is 1.93 bits per heavy atom. The van der Waals surface area contributed by atoms with E-state index in [-0.39, 0.29) is 119 Å². The fraction of sp³-hybridized carbons (Fsp3) is 0.619. The largest absolute Gasteiger partial charge is 3.00 e. The number of fused-ring (bicyclic) bond motifs is 7. The minimum atomic E-state index is -5.32. The second-order valence-corrected chi connectivity index (χ2v) is 28.3.